The lowest BCUT2D eigenvalue weighted by molar-refractivity contribution is -0.116. The van der Waals surface area contributed by atoms with Gasteiger partial charge in [-0.05, 0) is 78.1 Å². The highest BCUT2D eigenvalue weighted by atomic mass is 16.2. The Labute approximate surface area is 257 Å². The second-order valence-corrected chi connectivity index (χ2v) is 10.6. The van der Waals surface area contributed by atoms with Crippen molar-refractivity contribution in [1.29, 1.82) is 0 Å². The Bertz CT molecular complexity index is 2080. The fourth-order valence-corrected chi connectivity index (χ4v) is 5.70. The summed E-state index contributed by atoms with van der Waals surface area (Å²) in [6.45, 7) is 3.71. The van der Waals surface area contributed by atoms with E-state index in [0.717, 1.165) is 35.2 Å². The van der Waals surface area contributed by atoms with Crippen molar-refractivity contribution in [1.82, 2.24) is 45.1 Å². The van der Waals surface area contributed by atoms with E-state index in [-0.39, 0.29) is 24.4 Å². The lowest BCUT2D eigenvalue weighted by atomic mass is 10.0. The number of hydrogen-bond donors (Lipinski definition) is 3. The standard InChI is InChI=1S/C33H28N10O2/c1-2-29(44)36-19-21-6-3-4-7-24(21)33(45)40-26-12-9-20-18-22(10-11-23(20)26)42-31(25-8-5-15-35-30(25)34)39-27-13-14-28(41-32(27)42)43-37-16-17-38-43/h2-8,10-11,13-18,26H,1,9,12,19H2,(H2,34,35)(H,36,44)(H,40,45)/t26-/m0/s1. The van der Waals surface area contributed by atoms with E-state index in [1.165, 1.54) is 10.9 Å². The quantitative estimate of drug-likeness (QED) is 0.224. The summed E-state index contributed by atoms with van der Waals surface area (Å²) in [4.78, 5) is 40.6. The molecule has 1 aliphatic rings. The Balaban J connectivity index is 1.24. The second kappa shape index (κ2) is 11.5. The first-order valence-corrected chi connectivity index (χ1v) is 14.4. The Hall–Kier alpha value is -6.17. The molecule has 0 unspecified atom stereocenters. The molecule has 0 spiro atoms. The van der Waals surface area contributed by atoms with Crippen LogP contribution < -0.4 is 16.4 Å². The first-order valence-electron chi connectivity index (χ1n) is 14.4. The van der Waals surface area contributed by atoms with Crippen molar-refractivity contribution in [3.05, 3.63) is 120 Å². The molecule has 0 bridgehead atoms. The number of imidazole rings is 1. The molecule has 4 N–H and O–H groups in total. The van der Waals surface area contributed by atoms with Gasteiger partial charge < -0.3 is 16.4 Å². The maximum Gasteiger partial charge on any atom is 0.252 e. The topological polar surface area (TPSA) is 159 Å². The maximum absolute atomic E-state index is 13.4. The minimum Gasteiger partial charge on any atom is -0.383 e. The van der Waals surface area contributed by atoms with Gasteiger partial charge in [0.25, 0.3) is 5.91 Å². The molecule has 12 nitrogen and oxygen atoms in total. The van der Waals surface area contributed by atoms with Crippen LogP contribution in [-0.2, 0) is 17.8 Å². The zero-order valence-electron chi connectivity index (χ0n) is 24.1. The number of pyridine rings is 2. The van der Waals surface area contributed by atoms with E-state index in [1.54, 1.807) is 24.7 Å². The third kappa shape index (κ3) is 5.18. The number of hydrogen-bond acceptors (Lipinski definition) is 8. The van der Waals surface area contributed by atoms with Gasteiger partial charge in [0.2, 0.25) is 5.91 Å². The van der Waals surface area contributed by atoms with Crippen LogP contribution in [0.1, 0.15) is 39.5 Å². The molecular weight excluding hydrogens is 568 g/mol. The van der Waals surface area contributed by atoms with Gasteiger partial charge >= 0.3 is 0 Å². The molecule has 1 aliphatic carbocycles. The van der Waals surface area contributed by atoms with Crippen LogP contribution in [0.15, 0.2) is 98.0 Å². The van der Waals surface area contributed by atoms with Gasteiger partial charge in [-0.2, -0.15) is 10.2 Å². The number of rotatable bonds is 8. The van der Waals surface area contributed by atoms with Crippen molar-refractivity contribution in [2.24, 2.45) is 0 Å². The Morgan fingerprint density at radius 1 is 1.00 bits per heavy atom. The molecule has 0 aliphatic heterocycles. The molecule has 4 heterocycles. The molecule has 1 atom stereocenters. The van der Waals surface area contributed by atoms with Crippen LogP contribution in [0.3, 0.4) is 0 Å². The summed E-state index contributed by atoms with van der Waals surface area (Å²) in [6.07, 6.45) is 7.57. The van der Waals surface area contributed by atoms with Crippen molar-refractivity contribution >= 4 is 28.8 Å². The number of benzene rings is 2. The number of aromatic nitrogens is 7. The molecule has 222 valence electrons. The van der Waals surface area contributed by atoms with Gasteiger partial charge in [0, 0.05) is 24.0 Å². The summed E-state index contributed by atoms with van der Waals surface area (Å²) < 4.78 is 1.97. The Kier molecular flexibility index (Phi) is 7.06. The minimum absolute atomic E-state index is 0.166. The van der Waals surface area contributed by atoms with E-state index < -0.39 is 0 Å². The van der Waals surface area contributed by atoms with Crippen LogP contribution in [0.25, 0.3) is 34.1 Å². The smallest absolute Gasteiger partial charge is 0.252 e. The number of carbonyl (C=O) groups excluding carboxylic acids is 2. The zero-order chi connectivity index (χ0) is 30.9. The lowest BCUT2D eigenvalue weighted by Crippen LogP contribution is -2.29. The largest absolute Gasteiger partial charge is 0.383 e. The third-order valence-electron chi connectivity index (χ3n) is 7.86. The summed E-state index contributed by atoms with van der Waals surface area (Å²) in [5.41, 5.74) is 12.5. The molecule has 0 radical (unpaired) electrons. The monoisotopic (exact) mass is 596 g/mol. The number of fused-ring (bicyclic) bond motifs is 2. The van der Waals surface area contributed by atoms with Gasteiger partial charge in [-0.1, -0.05) is 30.8 Å². The van der Waals surface area contributed by atoms with Gasteiger partial charge in [0.1, 0.15) is 11.3 Å². The Morgan fingerprint density at radius 2 is 1.84 bits per heavy atom. The van der Waals surface area contributed by atoms with E-state index in [9.17, 15) is 9.59 Å². The molecular formula is C33H28N10O2. The van der Waals surface area contributed by atoms with E-state index >= 15 is 0 Å². The molecule has 0 saturated carbocycles. The highest BCUT2D eigenvalue weighted by molar-refractivity contribution is 5.96. The van der Waals surface area contributed by atoms with Crippen LogP contribution in [0.2, 0.25) is 0 Å². The second-order valence-electron chi connectivity index (χ2n) is 10.6. The predicted octanol–water partition coefficient (Wildman–Crippen LogP) is 3.86. The van der Waals surface area contributed by atoms with Crippen molar-refractivity contribution < 1.29 is 9.59 Å². The molecule has 0 fully saturated rings. The van der Waals surface area contributed by atoms with E-state index in [0.29, 0.717) is 39.8 Å². The summed E-state index contributed by atoms with van der Waals surface area (Å²) in [7, 11) is 0. The molecule has 12 heteroatoms. The van der Waals surface area contributed by atoms with Crippen LogP contribution in [-0.4, -0.2) is 46.3 Å². The van der Waals surface area contributed by atoms with Gasteiger partial charge in [-0.25, -0.2) is 15.0 Å². The molecule has 45 heavy (non-hydrogen) atoms. The molecule has 4 aromatic heterocycles. The molecule has 2 aromatic carbocycles. The van der Waals surface area contributed by atoms with E-state index in [2.05, 4.69) is 38.5 Å². The van der Waals surface area contributed by atoms with Crippen molar-refractivity contribution in [3.8, 4) is 22.9 Å². The SMILES string of the molecule is C=CC(=O)NCc1ccccc1C(=O)N[C@H]1CCc2cc(-n3c(-c4cccnc4N)nc4ccc(-n5nccn5)nc43)ccc21. The normalized spacial score (nSPS) is 13.8. The predicted molar refractivity (Wildman–Crippen MR) is 168 cm³/mol. The van der Waals surface area contributed by atoms with Crippen molar-refractivity contribution in [2.45, 2.75) is 25.4 Å². The molecule has 2 amide bonds. The number of anilines is 1. The summed E-state index contributed by atoms with van der Waals surface area (Å²) in [6, 6.07) is 20.6. The number of amides is 2. The number of nitrogens with zero attached hydrogens (tertiary/aromatic N) is 7. The average Bonchev–Trinajstić information content (AvgIpc) is 3.83. The summed E-state index contributed by atoms with van der Waals surface area (Å²) >= 11 is 0. The van der Waals surface area contributed by atoms with Crippen molar-refractivity contribution in [3.63, 3.8) is 0 Å². The summed E-state index contributed by atoms with van der Waals surface area (Å²) in [5, 5.41) is 14.4. The van der Waals surface area contributed by atoms with Crippen LogP contribution in [0.4, 0.5) is 5.82 Å². The molecule has 6 aromatic rings. The van der Waals surface area contributed by atoms with Gasteiger partial charge in [-0.15, -0.1) is 4.80 Å². The number of carbonyl (C=O) groups is 2. The number of nitrogens with two attached hydrogens (primary N) is 1. The Morgan fingerprint density at radius 3 is 2.67 bits per heavy atom. The van der Waals surface area contributed by atoms with E-state index in [4.69, 9.17) is 15.7 Å². The fourth-order valence-electron chi connectivity index (χ4n) is 5.70. The first kappa shape index (κ1) is 27.7. The highest BCUT2D eigenvalue weighted by Gasteiger charge is 2.27. The lowest BCUT2D eigenvalue weighted by Gasteiger charge is -2.17. The minimum atomic E-state index is -0.296. The van der Waals surface area contributed by atoms with Gasteiger partial charge in [0.15, 0.2) is 17.3 Å². The van der Waals surface area contributed by atoms with Crippen molar-refractivity contribution in [2.75, 3.05) is 5.73 Å². The van der Waals surface area contributed by atoms with Crippen LogP contribution >= 0.6 is 0 Å². The zero-order valence-corrected chi connectivity index (χ0v) is 24.1. The number of nitrogens with one attached hydrogen (secondary N) is 2. The third-order valence-corrected chi connectivity index (χ3v) is 7.86. The number of nitrogen functional groups attached to an aromatic ring is 1. The highest BCUT2D eigenvalue weighted by Crippen LogP contribution is 2.36. The van der Waals surface area contributed by atoms with Crippen LogP contribution in [0.5, 0.6) is 0 Å². The van der Waals surface area contributed by atoms with Gasteiger partial charge in [-0.3, -0.25) is 14.2 Å². The summed E-state index contributed by atoms with van der Waals surface area (Å²) in [5.74, 6) is 1.02. The van der Waals surface area contributed by atoms with Gasteiger partial charge in [0.05, 0.1) is 24.0 Å². The van der Waals surface area contributed by atoms with E-state index in [1.807, 2.05) is 59.2 Å². The average molecular weight is 597 g/mol. The molecule has 0 saturated heterocycles. The molecule has 7 rings (SSSR count). The number of aryl methyl sites for hydroxylation is 1. The fraction of sp³-hybridized carbons (Fsp3) is 0.121. The van der Waals surface area contributed by atoms with Crippen LogP contribution in [0, 0.1) is 0 Å². The maximum atomic E-state index is 13.4. The first-order chi connectivity index (χ1) is 22.0.